The number of anilines is 1. The number of benzene rings is 2. The Labute approximate surface area is 189 Å². The van der Waals surface area contributed by atoms with Gasteiger partial charge in [-0.15, -0.1) is 0 Å². The molecule has 0 aliphatic carbocycles. The highest BCUT2D eigenvalue weighted by Gasteiger charge is 2.17. The summed E-state index contributed by atoms with van der Waals surface area (Å²) in [5.74, 6) is 0. The number of aliphatic hydroxyl groups is 1. The lowest BCUT2D eigenvalue weighted by Crippen LogP contribution is -2.47. The van der Waals surface area contributed by atoms with Gasteiger partial charge in [-0.3, -0.25) is 9.47 Å². The Balaban J connectivity index is 1.55. The lowest BCUT2D eigenvalue weighted by Gasteiger charge is -2.36. The van der Waals surface area contributed by atoms with Crippen molar-refractivity contribution in [3.63, 3.8) is 0 Å². The molecule has 1 saturated heterocycles. The van der Waals surface area contributed by atoms with E-state index in [1.54, 1.807) is 0 Å². The summed E-state index contributed by atoms with van der Waals surface area (Å²) in [7, 11) is 0. The zero-order chi connectivity index (χ0) is 22.7. The van der Waals surface area contributed by atoms with Crippen molar-refractivity contribution in [1.82, 2.24) is 14.5 Å². The van der Waals surface area contributed by atoms with Gasteiger partial charge < -0.3 is 14.8 Å². The summed E-state index contributed by atoms with van der Waals surface area (Å²) in [6.07, 6.45) is 1.88. The third-order valence-electron chi connectivity index (χ3n) is 5.68. The Morgan fingerprint density at radius 1 is 1.06 bits per heavy atom. The van der Waals surface area contributed by atoms with Crippen molar-refractivity contribution in [2.75, 3.05) is 44.2 Å². The molecule has 0 radical (unpaired) electrons. The number of imidazole rings is 1. The monoisotopic (exact) mass is 435 g/mol. The zero-order valence-corrected chi connectivity index (χ0v) is 19.5. The Morgan fingerprint density at radius 2 is 1.81 bits per heavy atom. The molecule has 1 aliphatic heterocycles. The van der Waals surface area contributed by atoms with E-state index >= 15 is 0 Å². The van der Waals surface area contributed by atoms with Crippen LogP contribution in [0, 0.1) is 0 Å². The van der Waals surface area contributed by atoms with Crippen molar-refractivity contribution in [3.05, 3.63) is 54.4 Å². The molecule has 1 aliphatic rings. The molecule has 1 N–H and O–H groups in total. The summed E-state index contributed by atoms with van der Waals surface area (Å²) in [4.78, 5) is 14.9. The maximum Gasteiger partial charge on any atom is 0.129 e. The van der Waals surface area contributed by atoms with Gasteiger partial charge >= 0.3 is 0 Å². The van der Waals surface area contributed by atoms with Gasteiger partial charge in [-0.25, -0.2) is 4.98 Å². The largest absolute Gasteiger partial charge is 0.395 e. The molecule has 0 unspecified atom stereocenters. The molecular weight excluding hydrogens is 402 g/mol. The van der Waals surface area contributed by atoms with Crippen LogP contribution < -0.4 is 4.90 Å². The van der Waals surface area contributed by atoms with Crippen LogP contribution in [0.1, 0.15) is 33.3 Å². The van der Waals surface area contributed by atoms with Gasteiger partial charge in [-0.2, -0.15) is 0 Å². The number of aromatic nitrogens is 2. The van der Waals surface area contributed by atoms with Crippen LogP contribution in [0.25, 0.3) is 16.7 Å². The summed E-state index contributed by atoms with van der Waals surface area (Å²) in [6, 6.07) is 14.8. The quantitative estimate of drug-likeness (QED) is 0.473. The molecule has 2 aromatic carbocycles. The topological polar surface area (TPSA) is 66.1 Å². The zero-order valence-electron chi connectivity index (χ0n) is 19.5. The molecule has 32 heavy (non-hydrogen) atoms. The fraction of sp³-hybridized carbons (Fsp3) is 0.440. The molecule has 170 valence electrons. The first kappa shape index (κ1) is 22.3. The van der Waals surface area contributed by atoms with E-state index in [0.29, 0.717) is 0 Å². The highest BCUT2D eigenvalue weighted by Crippen LogP contribution is 2.24. The van der Waals surface area contributed by atoms with Gasteiger partial charge in [0.05, 0.1) is 23.4 Å². The second kappa shape index (κ2) is 9.30. The summed E-state index contributed by atoms with van der Waals surface area (Å²) in [6.45, 7) is 12.8. The van der Waals surface area contributed by atoms with Gasteiger partial charge in [0, 0.05) is 49.7 Å². The van der Waals surface area contributed by atoms with Crippen LogP contribution in [0.2, 0.25) is 0 Å². The number of oxime groups is 1. The minimum absolute atomic E-state index is 0.222. The van der Waals surface area contributed by atoms with E-state index in [-0.39, 0.29) is 12.2 Å². The van der Waals surface area contributed by atoms with Crippen molar-refractivity contribution in [2.24, 2.45) is 5.16 Å². The molecule has 1 fully saturated rings. The lowest BCUT2D eigenvalue weighted by atomic mass is 10.1. The maximum atomic E-state index is 9.16. The van der Waals surface area contributed by atoms with Crippen molar-refractivity contribution in [3.8, 4) is 5.69 Å². The van der Waals surface area contributed by atoms with E-state index in [1.165, 1.54) is 5.69 Å². The molecule has 4 rings (SSSR count). The number of hydrogen-bond acceptors (Lipinski definition) is 6. The van der Waals surface area contributed by atoms with E-state index < -0.39 is 0 Å². The molecule has 0 atom stereocenters. The van der Waals surface area contributed by atoms with Gasteiger partial charge in [0.15, 0.2) is 0 Å². The lowest BCUT2D eigenvalue weighted by molar-refractivity contribution is 0.000956. The predicted molar refractivity (Wildman–Crippen MR) is 130 cm³/mol. The highest BCUT2D eigenvalue weighted by atomic mass is 16.6. The molecule has 3 aromatic rings. The molecular formula is C25H33N5O2. The maximum absolute atomic E-state index is 9.16. The van der Waals surface area contributed by atoms with Gasteiger partial charge in [0.2, 0.25) is 0 Å². The Kier molecular flexibility index (Phi) is 6.48. The van der Waals surface area contributed by atoms with Crippen molar-refractivity contribution in [1.29, 1.82) is 0 Å². The average molecular weight is 436 g/mol. The third-order valence-corrected chi connectivity index (χ3v) is 5.68. The Bertz CT molecular complexity index is 1090. The number of piperazine rings is 1. The number of nitrogens with zero attached hydrogens (tertiary/aromatic N) is 5. The summed E-state index contributed by atoms with van der Waals surface area (Å²) >= 11 is 0. The first-order valence-corrected chi connectivity index (χ1v) is 11.2. The second-order valence-electron chi connectivity index (χ2n) is 9.27. The minimum atomic E-state index is -0.316. The van der Waals surface area contributed by atoms with Crippen LogP contribution >= 0.6 is 0 Å². The predicted octanol–water partition coefficient (Wildman–Crippen LogP) is 3.68. The normalized spacial score (nSPS) is 16.0. The SMILES string of the molecule is CC(=NOC(C)(C)C)c1ccc2c(c1)ncn2-c1cccc(N2CCN(CCO)CC2)c1. The number of β-amino-alcohol motifs (C(OH)–C–C–N with tert-alkyl or cyclic N) is 1. The first-order chi connectivity index (χ1) is 15.3. The van der Waals surface area contributed by atoms with Crippen LogP contribution in [0.4, 0.5) is 5.69 Å². The van der Waals surface area contributed by atoms with Crippen LogP contribution in [0.3, 0.4) is 0 Å². The fourth-order valence-corrected chi connectivity index (χ4v) is 3.91. The van der Waals surface area contributed by atoms with E-state index in [2.05, 4.69) is 67.0 Å². The molecule has 1 aromatic heterocycles. The van der Waals surface area contributed by atoms with E-state index in [1.807, 2.05) is 34.0 Å². The number of fused-ring (bicyclic) bond motifs is 1. The molecule has 0 amide bonds. The molecule has 0 bridgehead atoms. The smallest absolute Gasteiger partial charge is 0.129 e. The number of rotatable bonds is 6. The average Bonchev–Trinajstić information content (AvgIpc) is 3.21. The van der Waals surface area contributed by atoms with Crippen molar-refractivity contribution < 1.29 is 9.94 Å². The van der Waals surface area contributed by atoms with Crippen LogP contribution in [-0.2, 0) is 4.84 Å². The van der Waals surface area contributed by atoms with Crippen LogP contribution in [0.15, 0.2) is 53.9 Å². The number of aliphatic hydroxyl groups excluding tert-OH is 1. The van der Waals surface area contributed by atoms with Crippen LogP contribution in [-0.4, -0.2) is 70.2 Å². The van der Waals surface area contributed by atoms with Gasteiger partial charge in [-0.1, -0.05) is 17.3 Å². The summed E-state index contributed by atoms with van der Waals surface area (Å²) in [5.41, 5.74) is 5.81. The van der Waals surface area contributed by atoms with Crippen LogP contribution in [0.5, 0.6) is 0 Å². The Morgan fingerprint density at radius 3 is 2.53 bits per heavy atom. The highest BCUT2D eigenvalue weighted by molar-refractivity contribution is 6.01. The summed E-state index contributed by atoms with van der Waals surface area (Å²) in [5, 5.41) is 13.4. The van der Waals surface area contributed by atoms with Gasteiger partial charge in [0.1, 0.15) is 11.9 Å². The van der Waals surface area contributed by atoms with Crippen molar-refractivity contribution >= 4 is 22.4 Å². The molecule has 7 heteroatoms. The number of hydrogen-bond donors (Lipinski definition) is 1. The first-order valence-electron chi connectivity index (χ1n) is 11.2. The van der Waals surface area contributed by atoms with E-state index in [9.17, 15) is 0 Å². The standard InChI is InChI=1S/C25H33N5O2/c1-19(27-32-25(2,3)4)20-8-9-24-23(16-20)26-18-30(24)22-7-5-6-21(17-22)29-12-10-28(11-13-29)14-15-31/h5-9,16-18,31H,10-15H2,1-4H3. The second-order valence-corrected chi connectivity index (χ2v) is 9.27. The summed E-state index contributed by atoms with van der Waals surface area (Å²) < 4.78 is 2.13. The van der Waals surface area contributed by atoms with E-state index in [0.717, 1.165) is 60.7 Å². The van der Waals surface area contributed by atoms with E-state index in [4.69, 9.17) is 9.94 Å². The minimum Gasteiger partial charge on any atom is -0.395 e. The molecule has 2 heterocycles. The molecule has 0 spiro atoms. The molecule has 7 nitrogen and oxygen atoms in total. The van der Waals surface area contributed by atoms with Gasteiger partial charge in [0.25, 0.3) is 0 Å². The van der Waals surface area contributed by atoms with Crippen molar-refractivity contribution in [2.45, 2.75) is 33.3 Å². The third kappa shape index (κ3) is 5.11. The molecule has 0 saturated carbocycles. The fourth-order valence-electron chi connectivity index (χ4n) is 3.91. The van der Waals surface area contributed by atoms with Gasteiger partial charge in [-0.05, 0) is 58.0 Å². The Hall–Kier alpha value is -2.90.